The summed E-state index contributed by atoms with van der Waals surface area (Å²) in [5.41, 5.74) is 1.27. The van der Waals surface area contributed by atoms with Gasteiger partial charge in [0, 0.05) is 29.6 Å². The molecule has 1 fully saturated rings. The van der Waals surface area contributed by atoms with E-state index in [2.05, 4.69) is 34.7 Å². The molecule has 0 aliphatic carbocycles. The number of unbranched alkanes of at least 4 members (excludes halogenated alkanes) is 1. The highest BCUT2D eigenvalue weighted by Crippen LogP contribution is 2.35. The Balaban J connectivity index is 1.63. The number of benzene rings is 2. The van der Waals surface area contributed by atoms with E-state index in [1.54, 1.807) is 32.0 Å². The van der Waals surface area contributed by atoms with Crippen LogP contribution in [-0.2, 0) is 20.0 Å². The van der Waals surface area contributed by atoms with E-state index in [4.69, 9.17) is 23.7 Å². The number of alkyl halides is 1. The lowest BCUT2D eigenvalue weighted by atomic mass is 10.0. The third-order valence-corrected chi connectivity index (χ3v) is 8.01. The average Bonchev–Trinajstić information content (AvgIpc) is 3.36. The van der Waals surface area contributed by atoms with Gasteiger partial charge in [-0.3, -0.25) is 0 Å². The number of hydrogen-bond acceptors (Lipinski definition) is 7. The zero-order valence-electron chi connectivity index (χ0n) is 21.4. The van der Waals surface area contributed by atoms with Gasteiger partial charge in [0.25, 0.3) is 0 Å². The highest BCUT2D eigenvalue weighted by molar-refractivity contribution is 14.1. The zero-order chi connectivity index (χ0) is 25.8. The Labute approximate surface area is 232 Å². The third kappa shape index (κ3) is 8.53. The number of rotatable bonds is 15. The minimum atomic E-state index is -0.476. The Morgan fingerprint density at radius 3 is 2.44 bits per heavy atom. The summed E-state index contributed by atoms with van der Waals surface area (Å²) in [5.74, 6) is 0.832. The van der Waals surface area contributed by atoms with Crippen molar-refractivity contribution in [3.05, 3.63) is 53.6 Å². The molecule has 8 heteroatoms. The number of methoxy groups -OCH3 is 2. The minimum Gasteiger partial charge on any atom is -0.497 e. The first-order chi connectivity index (χ1) is 17.5. The van der Waals surface area contributed by atoms with Gasteiger partial charge in [-0.25, -0.2) is 4.79 Å². The fourth-order valence-corrected chi connectivity index (χ4v) is 5.75. The largest absolute Gasteiger partial charge is 0.497 e. The maximum atomic E-state index is 13.3. The van der Waals surface area contributed by atoms with E-state index in [0.717, 1.165) is 53.4 Å². The van der Waals surface area contributed by atoms with E-state index in [0.29, 0.717) is 36.0 Å². The molecule has 1 saturated heterocycles. The number of ether oxygens (including phenoxy) is 5. The molecule has 3 rings (SSSR count). The van der Waals surface area contributed by atoms with Crippen molar-refractivity contribution in [3.63, 3.8) is 0 Å². The SMILES string of the molecule is COc1cc(CSc2ccccc2)c(C(=O)OC(C)CCCC2(CCCCI)OCCO2)c(OC)c1. The molecule has 2 aromatic carbocycles. The van der Waals surface area contributed by atoms with E-state index < -0.39 is 5.79 Å². The van der Waals surface area contributed by atoms with Gasteiger partial charge in [-0.15, -0.1) is 11.8 Å². The highest BCUT2D eigenvalue weighted by atomic mass is 127. The van der Waals surface area contributed by atoms with Gasteiger partial charge in [0.05, 0.1) is 33.5 Å². The first-order valence-electron chi connectivity index (χ1n) is 12.5. The standard InChI is InChI=1S/C28H37IO6S/c1-21(10-9-14-28(13-7-8-15-29)33-16-17-34-28)35-27(30)26-22(18-23(31-2)19-25(26)32-3)20-36-24-11-5-4-6-12-24/h4-6,11-12,18-19,21H,7-10,13-17,20H2,1-3H3. The Kier molecular flexibility index (Phi) is 12.2. The lowest BCUT2D eigenvalue weighted by molar-refractivity contribution is -0.169. The molecule has 198 valence electrons. The van der Waals surface area contributed by atoms with Gasteiger partial charge in [-0.1, -0.05) is 40.8 Å². The summed E-state index contributed by atoms with van der Waals surface area (Å²) in [6.07, 6.45) is 5.32. The van der Waals surface area contributed by atoms with E-state index in [1.165, 1.54) is 0 Å². The quantitative estimate of drug-likeness (QED) is 0.0688. The highest BCUT2D eigenvalue weighted by Gasteiger charge is 2.35. The van der Waals surface area contributed by atoms with Crippen molar-refractivity contribution < 1.29 is 28.5 Å². The topological polar surface area (TPSA) is 63.2 Å². The van der Waals surface area contributed by atoms with Gasteiger partial charge in [0.2, 0.25) is 0 Å². The predicted molar refractivity (Wildman–Crippen MR) is 152 cm³/mol. The lowest BCUT2D eigenvalue weighted by Crippen LogP contribution is -2.30. The monoisotopic (exact) mass is 628 g/mol. The molecule has 2 aromatic rings. The summed E-state index contributed by atoms with van der Waals surface area (Å²) >= 11 is 4.05. The summed E-state index contributed by atoms with van der Waals surface area (Å²) in [6, 6.07) is 13.7. The number of thioether (sulfide) groups is 1. The molecule has 6 nitrogen and oxygen atoms in total. The summed E-state index contributed by atoms with van der Waals surface area (Å²) < 4.78 is 30.0. The van der Waals surface area contributed by atoms with Crippen LogP contribution in [0.4, 0.5) is 0 Å². The molecule has 1 unspecified atom stereocenters. The number of carbonyl (C=O) groups is 1. The van der Waals surface area contributed by atoms with Crippen molar-refractivity contribution in [1.29, 1.82) is 0 Å². The fourth-order valence-electron chi connectivity index (χ4n) is 4.31. The second kappa shape index (κ2) is 15.1. The first-order valence-corrected chi connectivity index (χ1v) is 15.0. The zero-order valence-corrected chi connectivity index (χ0v) is 24.4. The molecule has 0 saturated carbocycles. The molecule has 1 aliphatic rings. The normalized spacial score (nSPS) is 15.4. The molecule has 0 amide bonds. The molecule has 0 spiro atoms. The van der Waals surface area contributed by atoms with Crippen molar-refractivity contribution in [2.24, 2.45) is 0 Å². The van der Waals surface area contributed by atoms with Gasteiger partial charge in [-0.05, 0) is 60.8 Å². The van der Waals surface area contributed by atoms with Crippen molar-refractivity contribution >= 4 is 40.3 Å². The first kappa shape index (κ1) is 29.1. The van der Waals surface area contributed by atoms with Crippen LogP contribution in [0.5, 0.6) is 11.5 Å². The van der Waals surface area contributed by atoms with Crippen LogP contribution in [0.1, 0.15) is 61.4 Å². The maximum Gasteiger partial charge on any atom is 0.342 e. The second-order valence-corrected chi connectivity index (χ2v) is 11.0. The van der Waals surface area contributed by atoms with Gasteiger partial charge < -0.3 is 23.7 Å². The number of carbonyl (C=O) groups excluding carboxylic acids is 1. The molecule has 0 radical (unpaired) electrons. The number of hydrogen-bond donors (Lipinski definition) is 0. The Hall–Kier alpha value is -1.49. The molecule has 1 aliphatic heterocycles. The smallest absolute Gasteiger partial charge is 0.342 e. The van der Waals surface area contributed by atoms with Crippen molar-refractivity contribution in [1.82, 2.24) is 0 Å². The van der Waals surface area contributed by atoms with Crippen molar-refractivity contribution in [2.75, 3.05) is 31.9 Å². The van der Waals surface area contributed by atoms with Crippen LogP contribution < -0.4 is 9.47 Å². The summed E-state index contributed by atoms with van der Waals surface area (Å²) in [4.78, 5) is 14.4. The molecular formula is C28H37IO6S. The fraction of sp³-hybridized carbons (Fsp3) is 0.536. The Morgan fingerprint density at radius 1 is 1.06 bits per heavy atom. The maximum absolute atomic E-state index is 13.3. The van der Waals surface area contributed by atoms with Crippen LogP contribution in [0.15, 0.2) is 47.4 Å². The Bertz CT molecular complexity index is 949. The van der Waals surface area contributed by atoms with Crippen molar-refractivity contribution in [3.8, 4) is 11.5 Å². The van der Waals surface area contributed by atoms with Gasteiger partial charge in [-0.2, -0.15) is 0 Å². The molecule has 1 heterocycles. The molecule has 1 atom stereocenters. The second-order valence-electron chi connectivity index (χ2n) is 8.83. The Morgan fingerprint density at radius 2 is 1.78 bits per heavy atom. The summed E-state index contributed by atoms with van der Waals surface area (Å²) in [7, 11) is 3.16. The van der Waals surface area contributed by atoms with Crippen molar-refractivity contribution in [2.45, 2.75) is 68.0 Å². The third-order valence-electron chi connectivity index (χ3n) is 6.19. The van der Waals surface area contributed by atoms with E-state index in [9.17, 15) is 4.79 Å². The molecule has 0 aromatic heterocycles. The summed E-state index contributed by atoms with van der Waals surface area (Å²) in [6.45, 7) is 3.23. The minimum absolute atomic E-state index is 0.244. The van der Waals surface area contributed by atoms with Gasteiger partial charge in [0.1, 0.15) is 17.1 Å². The van der Waals surface area contributed by atoms with E-state index in [-0.39, 0.29) is 12.1 Å². The van der Waals surface area contributed by atoms with E-state index in [1.807, 2.05) is 31.2 Å². The molecule has 0 N–H and O–H groups in total. The van der Waals surface area contributed by atoms with Gasteiger partial charge in [0.15, 0.2) is 5.79 Å². The van der Waals surface area contributed by atoms with Crippen LogP contribution in [-0.4, -0.2) is 49.7 Å². The summed E-state index contributed by atoms with van der Waals surface area (Å²) in [5, 5.41) is 0. The van der Waals surface area contributed by atoms with Crippen LogP contribution >= 0.6 is 34.4 Å². The van der Waals surface area contributed by atoms with E-state index >= 15 is 0 Å². The predicted octanol–water partition coefficient (Wildman–Crippen LogP) is 7.06. The van der Waals surface area contributed by atoms with Gasteiger partial charge >= 0.3 is 5.97 Å². The number of esters is 1. The molecule has 36 heavy (non-hydrogen) atoms. The van der Waals surface area contributed by atoms with Crippen LogP contribution in [0.25, 0.3) is 0 Å². The molecule has 0 bridgehead atoms. The van der Waals surface area contributed by atoms with Crippen LogP contribution in [0.2, 0.25) is 0 Å². The number of halogens is 1. The lowest BCUT2D eigenvalue weighted by Gasteiger charge is -2.28. The van der Waals surface area contributed by atoms with Crippen LogP contribution in [0, 0.1) is 0 Å². The van der Waals surface area contributed by atoms with Crippen LogP contribution in [0.3, 0.4) is 0 Å². The molecular weight excluding hydrogens is 591 g/mol. The average molecular weight is 629 g/mol.